The lowest BCUT2D eigenvalue weighted by molar-refractivity contribution is -0.141. The van der Waals surface area contributed by atoms with Crippen molar-refractivity contribution >= 4 is 5.97 Å². The molecule has 0 radical (unpaired) electrons. The van der Waals surface area contributed by atoms with Gasteiger partial charge in [-0.05, 0) is 18.1 Å². The van der Waals surface area contributed by atoms with Crippen LogP contribution in [0.5, 0.6) is 0 Å². The zero-order valence-electron chi connectivity index (χ0n) is 8.45. The number of aliphatic carboxylic acids is 1. The summed E-state index contributed by atoms with van der Waals surface area (Å²) in [7, 11) is 0. The Bertz CT molecular complexity index is 390. The number of aromatic nitrogens is 1. The Kier molecular flexibility index (Phi) is 3.51. The molecule has 0 aliphatic heterocycles. The maximum Gasteiger partial charge on any atom is 0.418 e. The second-order valence-electron chi connectivity index (χ2n) is 3.26. The van der Waals surface area contributed by atoms with Gasteiger partial charge in [-0.15, -0.1) is 0 Å². The molecule has 0 aliphatic carbocycles. The topological polar surface area (TPSA) is 50.2 Å². The first kappa shape index (κ1) is 12.5. The van der Waals surface area contributed by atoms with Crippen LogP contribution in [-0.4, -0.2) is 16.1 Å². The van der Waals surface area contributed by atoms with Gasteiger partial charge in [0.1, 0.15) is 0 Å². The Labute approximate surface area is 89.9 Å². The van der Waals surface area contributed by atoms with Gasteiger partial charge in [-0.1, -0.05) is 6.92 Å². The average Bonchev–Trinajstić information content (AvgIpc) is 2.17. The average molecular weight is 233 g/mol. The Morgan fingerprint density at radius 2 is 2.19 bits per heavy atom. The van der Waals surface area contributed by atoms with Gasteiger partial charge in [0, 0.05) is 12.4 Å². The van der Waals surface area contributed by atoms with Gasteiger partial charge in [0.25, 0.3) is 0 Å². The third-order valence-corrected chi connectivity index (χ3v) is 2.24. The second kappa shape index (κ2) is 4.51. The minimum Gasteiger partial charge on any atom is -0.481 e. The SMILES string of the molecule is CCC(C(=O)O)c1ccncc1C(F)(F)F. The number of nitrogens with zero attached hydrogens (tertiary/aromatic N) is 1. The molecule has 0 bridgehead atoms. The maximum absolute atomic E-state index is 12.6. The minimum absolute atomic E-state index is 0.0996. The lowest BCUT2D eigenvalue weighted by Crippen LogP contribution is -2.17. The van der Waals surface area contributed by atoms with E-state index in [1.807, 2.05) is 0 Å². The molecule has 0 aliphatic rings. The first-order valence-corrected chi connectivity index (χ1v) is 4.61. The van der Waals surface area contributed by atoms with Gasteiger partial charge in [-0.25, -0.2) is 0 Å². The van der Waals surface area contributed by atoms with Crippen LogP contribution >= 0.6 is 0 Å². The molecule has 88 valence electrons. The van der Waals surface area contributed by atoms with Crippen LogP contribution < -0.4 is 0 Å². The van der Waals surface area contributed by atoms with Crippen molar-refractivity contribution < 1.29 is 23.1 Å². The summed E-state index contributed by atoms with van der Waals surface area (Å²) in [5, 5.41) is 8.83. The van der Waals surface area contributed by atoms with Gasteiger partial charge >= 0.3 is 12.1 Å². The van der Waals surface area contributed by atoms with Crippen molar-refractivity contribution in [2.24, 2.45) is 0 Å². The van der Waals surface area contributed by atoms with Crippen molar-refractivity contribution in [1.82, 2.24) is 4.98 Å². The van der Waals surface area contributed by atoms with E-state index in [4.69, 9.17) is 5.11 Å². The van der Waals surface area contributed by atoms with Crippen LogP contribution in [0.15, 0.2) is 18.5 Å². The number of carbonyl (C=O) groups is 1. The third kappa shape index (κ3) is 2.50. The highest BCUT2D eigenvalue weighted by Gasteiger charge is 2.36. The molecular weight excluding hydrogens is 223 g/mol. The maximum atomic E-state index is 12.6. The first-order chi connectivity index (χ1) is 7.38. The molecule has 0 aromatic carbocycles. The Morgan fingerprint density at radius 1 is 1.56 bits per heavy atom. The van der Waals surface area contributed by atoms with Gasteiger partial charge in [0.15, 0.2) is 0 Å². The van der Waals surface area contributed by atoms with Crippen LogP contribution in [0, 0.1) is 0 Å². The molecule has 0 amide bonds. The standard InChI is InChI=1S/C10H10F3NO2/c1-2-6(9(15)16)7-3-4-14-5-8(7)10(11,12)13/h3-6H,2H2,1H3,(H,15,16). The van der Waals surface area contributed by atoms with Gasteiger partial charge in [0.2, 0.25) is 0 Å². The van der Waals surface area contributed by atoms with Crippen molar-refractivity contribution in [3.05, 3.63) is 29.6 Å². The number of carboxylic acids is 1. The molecule has 1 N–H and O–H groups in total. The van der Waals surface area contributed by atoms with E-state index in [0.717, 1.165) is 12.3 Å². The minimum atomic E-state index is -4.58. The zero-order chi connectivity index (χ0) is 12.3. The summed E-state index contributed by atoms with van der Waals surface area (Å²) in [6.07, 6.45) is -2.66. The Hall–Kier alpha value is -1.59. The fourth-order valence-corrected chi connectivity index (χ4v) is 1.47. The fraction of sp³-hybridized carbons (Fsp3) is 0.400. The lowest BCUT2D eigenvalue weighted by atomic mass is 9.93. The van der Waals surface area contributed by atoms with Crippen LogP contribution in [0.25, 0.3) is 0 Å². The molecule has 0 fully saturated rings. The number of hydrogen-bond donors (Lipinski definition) is 1. The number of alkyl halides is 3. The monoisotopic (exact) mass is 233 g/mol. The molecule has 16 heavy (non-hydrogen) atoms. The summed E-state index contributed by atoms with van der Waals surface area (Å²) in [6.45, 7) is 1.53. The highest BCUT2D eigenvalue weighted by molar-refractivity contribution is 5.76. The molecule has 1 heterocycles. The quantitative estimate of drug-likeness (QED) is 0.873. The van der Waals surface area contributed by atoms with Crippen molar-refractivity contribution in [3.8, 4) is 0 Å². The molecule has 1 rings (SSSR count). The number of pyridine rings is 1. The molecule has 1 aromatic rings. The predicted octanol–water partition coefficient (Wildman–Crippen LogP) is 2.68. The zero-order valence-corrected chi connectivity index (χ0v) is 8.45. The van der Waals surface area contributed by atoms with Gasteiger partial charge in [-0.2, -0.15) is 13.2 Å². The summed E-state index contributed by atoms with van der Waals surface area (Å²) in [5.41, 5.74) is -1.22. The fourth-order valence-electron chi connectivity index (χ4n) is 1.47. The van der Waals surface area contributed by atoms with E-state index < -0.39 is 23.6 Å². The van der Waals surface area contributed by atoms with E-state index in [2.05, 4.69) is 4.98 Å². The summed E-state index contributed by atoms with van der Waals surface area (Å²) in [4.78, 5) is 14.2. The normalized spacial score (nSPS) is 13.5. The van der Waals surface area contributed by atoms with Crippen molar-refractivity contribution in [2.75, 3.05) is 0 Å². The molecule has 0 spiro atoms. The predicted molar refractivity (Wildman–Crippen MR) is 49.9 cm³/mol. The van der Waals surface area contributed by atoms with E-state index in [1.165, 1.54) is 6.92 Å². The van der Waals surface area contributed by atoms with Crippen LogP contribution in [0.4, 0.5) is 13.2 Å². The Morgan fingerprint density at radius 3 is 2.62 bits per heavy atom. The number of carboxylic acid groups (broad SMARTS) is 1. The van der Waals surface area contributed by atoms with Crippen LogP contribution in [0.3, 0.4) is 0 Å². The molecule has 1 unspecified atom stereocenters. The molecular formula is C10H10F3NO2. The number of rotatable bonds is 3. The highest BCUT2D eigenvalue weighted by atomic mass is 19.4. The molecule has 1 aromatic heterocycles. The van der Waals surface area contributed by atoms with Gasteiger partial charge in [-0.3, -0.25) is 9.78 Å². The molecule has 1 atom stereocenters. The largest absolute Gasteiger partial charge is 0.481 e. The summed E-state index contributed by atoms with van der Waals surface area (Å²) in [5.74, 6) is -2.42. The summed E-state index contributed by atoms with van der Waals surface area (Å²) >= 11 is 0. The van der Waals surface area contributed by atoms with Gasteiger partial charge < -0.3 is 5.11 Å². The van der Waals surface area contributed by atoms with E-state index in [0.29, 0.717) is 6.20 Å². The summed E-state index contributed by atoms with van der Waals surface area (Å²) < 4.78 is 37.7. The van der Waals surface area contributed by atoms with Crippen molar-refractivity contribution in [2.45, 2.75) is 25.4 Å². The molecule has 3 nitrogen and oxygen atoms in total. The Balaban J connectivity index is 3.27. The first-order valence-electron chi connectivity index (χ1n) is 4.61. The molecule has 6 heteroatoms. The molecule has 0 saturated heterocycles. The van der Waals surface area contributed by atoms with E-state index in [1.54, 1.807) is 0 Å². The van der Waals surface area contributed by atoms with Gasteiger partial charge in [0.05, 0.1) is 11.5 Å². The second-order valence-corrected chi connectivity index (χ2v) is 3.26. The van der Waals surface area contributed by atoms with Crippen molar-refractivity contribution in [3.63, 3.8) is 0 Å². The third-order valence-electron chi connectivity index (χ3n) is 2.24. The van der Waals surface area contributed by atoms with Crippen LogP contribution in [0.2, 0.25) is 0 Å². The summed E-state index contributed by atoms with van der Waals surface area (Å²) in [6, 6.07) is 1.10. The van der Waals surface area contributed by atoms with E-state index in [-0.39, 0.29) is 12.0 Å². The number of hydrogen-bond acceptors (Lipinski definition) is 2. The molecule has 0 saturated carbocycles. The lowest BCUT2D eigenvalue weighted by Gasteiger charge is -2.16. The highest BCUT2D eigenvalue weighted by Crippen LogP contribution is 2.35. The van der Waals surface area contributed by atoms with E-state index in [9.17, 15) is 18.0 Å². The smallest absolute Gasteiger partial charge is 0.418 e. The van der Waals surface area contributed by atoms with Crippen LogP contribution in [-0.2, 0) is 11.0 Å². The van der Waals surface area contributed by atoms with Crippen LogP contribution in [0.1, 0.15) is 30.4 Å². The van der Waals surface area contributed by atoms with E-state index >= 15 is 0 Å². The number of halogens is 3. The van der Waals surface area contributed by atoms with Crippen molar-refractivity contribution in [1.29, 1.82) is 0 Å².